The van der Waals surface area contributed by atoms with Gasteiger partial charge in [-0.3, -0.25) is 4.79 Å². The Kier molecular flexibility index (Phi) is 3.81. The van der Waals surface area contributed by atoms with Crippen LogP contribution in [-0.4, -0.2) is 10.5 Å². The molecule has 3 rings (SSSR count). The standard InChI is InChI=1S/C16H11Cl2FN2O/c1-21-14-7-10(17)3-2-9(14)6-15(21)16(22)20-11-4-5-13(19)12(18)8-11/h2-8H,1H3,(H,20,22). The molecule has 0 saturated heterocycles. The number of halogens is 3. The molecule has 0 saturated carbocycles. The van der Waals surface area contributed by atoms with Gasteiger partial charge >= 0.3 is 0 Å². The number of anilines is 1. The van der Waals surface area contributed by atoms with Crippen LogP contribution in [0.4, 0.5) is 10.1 Å². The fourth-order valence-electron chi connectivity index (χ4n) is 2.29. The molecule has 3 aromatic rings. The van der Waals surface area contributed by atoms with E-state index in [2.05, 4.69) is 5.32 Å². The molecule has 0 aliphatic carbocycles. The van der Waals surface area contributed by atoms with Crippen LogP contribution in [0, 0.1) is 5.82 Å². The minimum atomic E-state index is -0.529. The van der Waals surface area contributed by atoms with Gasteiger partial charge in [-0.15, -0.1) is 0 Å². The number of amides is 1. The summed E-state index contributed by atoms with van der Waals surface area (Å²) in [5, 5.41) is 4.17. The molecule has 22 heavy (non-hydrogen) atoms. The average Bonchev–Trinajstić information content (AvgIpc) is 2.80. The maximum Gasteiger partial charge on any atom is 0.272 e. The number of aromatic nitrogens is 1. The molecule has 0 aliphatic rings. The summed E-state index contributed by atoms with van der Waals surface area (Å²) in [7, 11) is 1.78. The van der Waals surface area contributed by atoms with Crippen molar-refractivity contribution < 1.29 is 9.18 Å². The van der Waals surface area contributed by atoms with Crippen LogP contribution in [0.2, 0.25) is 10.0 Å². The van der Waals surface area contributed by atoms with Crippen LogP contribution >= 0.6 is 23.2 Å². The number of carbonyl (C=O) groups excluding carboxylic acids is 1. The first kappa shape index (κ1) is 14.9. The number of hydrogen-bond acceptors (Lipinski definition) is 1. The number of nitrogens with one attached hydrogen (secondary N) is 1. The topological polar surface area (TPSA) is 34.0 Å². The summed E-state index contributed by atoms with van der Waals surface area (Å²) in [6.45, 7) is 0. The van der Waals surface area contributed by atoms with Gasteiger partial charge in [-0.1, -0.05) is 29.3 Å². The van der Waals surface area contributed by atoms with E-state index in [9.17, 15) is 9.18 Å². The molecule has 3 nitrogen and oxygen atoms in total. The minimum Gasteiger partial charge on any atom is -0.340 e. The Labute approximate surface area is 136 Å². The Morgan fingerprint density at radius 3 is 2.64 bits per heavy atom. The van der Waals surface area contributed by atoms with Gasteiger partial charge < -0.3 is 9.88 Å². The fourth-order valence-corrected chi connectivity index (χ4v) is 2.64. The first-order valence-electron chi connectivity index (χ1n) is 6.47. The van der Waals surface area contributed by atoms with Crippen molar-refractivity contribution in [3.8, 4) is 0 Å². The number of nitrogens with zero attached hydrogens (tertiary/aromatic N) is 1. The highest BCUT2D eigenvalue weighted by molar-refractivity contribution is 6.31. The molecule has 0 unspecified atom stereocenters. The lowest BCUT2D eigenvalue weighted by Crippen LogP contribution is -2.15. The van der Waals surface area contributed by atoms with E-state index in [1.165, 1.54) is 18.2 Å². The van der Waals surface area contributed by atoms with Crippen LogP contribution in [0.5, 0.6) is 0 Å². The van der Waals surface area contributed by atoms with Gasteiger partial charge in [0.1, 0.15) is 11.5 Å². The smallest absolute Gasteiger partial charge is 0.272 e. The van der Waals surface area contributed by atoms with E-state index in [0.717, 1.165) is 10.9 Å². The first-order chi connectivity index (χ1) is 10.5. The Morgan fingerprint density at radius 2 is 1.91 bits per heavy atom. The van der Waals surface area contributed by atoms with Gasteiger partial charge in [-0.25, -0.2) is 4.39 Å². The second kappa shape index (κ2) is 5.63. The van der Waals surface area contributed by atoms with Gasteiger partial charge in [0.25, 0.3) is 5.91 Å². The Balaban J connectivity index is 1.95. The molecule has 2 aromatic carbocycles. The number of hydrogen-bond donors (Lipinski definition) is 1. The summed E-state index contributed by atoms with van der Waals surface area (Å²) in [6.07, 6.45) is 0. The van der Waals surface area contributed by atoms with Crippen LogP contribution in [0.1, 0.15) is 10.5 Å². The van der Waals surface area contributed by atoms with Crippen molar-refractivity contribution in [3.05, 3.63) is 64.0 Å². The highest BCUT2D eigenvalue weighted by Gasteiger charge is 2.14. The normalized spacial score (nSPS) is 10.9. The lowest BCUT2D eigenvalue weighted by Gasteiger charge is -2.07. The molecule has 112 valence electrons. The van der Waals surface area contributed by atoms with Crippen LogP contribution in [0.15, 0.2) is 42.5 Å². The maximum absolute atomic E-state index is 13.1. The molecule has 1 N–H and O–H groups in total. The molecule has 1 amide bonds. The fraction of sp³-hybridized carbons (Fsp3) is 0.0625. The van der Waals surface area contributed by atoms with Gasteiger partial charge in [-0.2, -0.15) is 0 Å². The third kappa shape index (κ3) is 2.67. The van der Waals surface area contributed by atoms with Crippen molar-refractivity contribution >= 4 is 45.7 Å². The zero-order chi connectivity index (χ0) is 15.9. The number of rotatable bonds is 2. The van der Waals surface area contributed by atoms with E-state index in [1.54, 1.807) is 29.8 Å². The average molecular weight is 337 g/mol. The molecule has 0 aliphatic heterocycles. The molecule has 0 fully saturated rings. The van der Waals surface area contributed by atoms with E-state index < -0.39 is 5.82 Å². The quantitative estimate of drug-likeness (QED) is 0.711. The number of fused-ring (bicyclic) bond motifs is 1. The van der Waals surface area contributed by atoms with Crippen LogP contribution in [-0.2, 0) is 7.05 Å². The van der Waals surface area contributed by atoms with E-state index >= 15 is 0 Å². The van der Waals surface area contributed by atoms with Crippen molar-refractivity contribution in [2.45, 2.75) is 0 Å². The molecule has 0 bridgehead atoms. The molecule has 6 heteroatoms. The van der Waals surface area contributed by atoms with E-state index in [-0.39, 0.29) is 10.9 Å². The largest absolute Gasteiger partial charge is 0.340 e. The molecule has 0 spiro atoms. The zero-order valence-electron chi connectivity index (χ0n) is 11.5. The summed E-state index contributed by atoms with van der Waals surface area (Å²) in [4.78, 5) is 12.4. The van der Waals surface area contributed by atoms with Crippen molar-refractivity contribution in [2.24, 2.45) is 7.05 Å². The number of benzene rings is 2. The summed E-state index contributed by atoms with van der Waals surface area (Å²) >= 11 is 11.7. The second-order valence-corrected chi connectivity index (χ2v) is 5.72. The summed E-state index contributed by atoms with van der Waals surface area (Å²) < 4.78 is 14.9. The summed E-state index contributed by atoms with van der Waals surface area (Å²) in [5.41, 5.74) is 1.76. The van der Waals surface area contributed by atoms with Crippen molar-refractivity contribution in [1.29, 1.82) is 0 Å². The predicted octanol–water partition coefficient (Wildman–Crippen LogP) is 4.88. The van der Waals surface area contributed by atoms with Crippen LogP contribution in [0.25, 0.3) is 10.9 Å². The molecular formula is C16H11Cl2FN2O. The Hall–Kier alpha value is -2.04. The van der Waals surface area contributed by atoms with E-state index in [4.69, 9.17) is 23.2 Å². The third-order valence-corrected chi connectivity index (χ3v) is 3.94. The monoisotopic (exact) mass is 336 g/mol. The van der Waals surface area contributed by atoms with Gasteiger partial charge in [-0.05, 0) is 36.4 Å². The van der Waals surface area contributed by atoms with Crippen LogP contribution < -0.4 is 5.32 Å². The number of aryl methyl sites for hydroxylation is 1. The predicted molar refractivity (Wildman–Crippen MR) is 87.3 cm³/mol. The van der Waals surface area contributed by atoms with Gasteiger partial charge in [0.2, 0.25) is 0 Å². The summed E-state index contributed by atoms with van der Waals surface area (Å²) in [6, 6.07) is 11.2. The van der Waals surface area contributed by atoms with E-state index in [1.807, 2.05) is 6.07 Å². The highest BCUT2D eigenvalue weighted by atomic mass is 35.5. The Morgan fingerprint density at radius 1 is 1.14 bits per heavy atom. The molecule has 1 aromatic heterocycles. The maximum atomic E-state index is 13.1. The number of carbonyl (C=O) groups is 1. The third-order valence-electron chi connectivity index (χ3n) is 3.42. The Bertz CT molecular complexity index is 889. The first-order valence-corrected chi connectivity index (χ1v) is 7.22. The lowest BCUT2D eigenvalue weighted by atomic mass is 10.2. The van der Waals surface area contributed by atoms with Gasteiger partial charge in [0.15, 0.2) is 0 Å². The van der Waals surface area contributed by atoms with E-state index in [0.29, 0.717) is 16.4 Å². The molecule has 0 atom stereocenters. The van der Waals surface area contributed by atoms with Crippen LogP contribution in [0.3, 0.4) is 0 Å². The van der Waals surface area contributed by atoms with Gasteiger partial charge in [0.05, 0.1) is 5.02 Å². The zero-order valence-corrected chi connectivity index (χ0v) is 13.0. The molecule has 0 radical (unpaired) electrons. The highest BCUT2D eigenvalue weighted by Crippen LogP contribution is 2.24. The van der Waals surface area contributed by atoms with Crippen molar-refractivity contribution in [1.82, 2.24) is 4.57 Å². The summed E-state index contributed by atoms with van der Waals surface area (Å²) in [5.74, 6) is -0.837. The molecule has 1 heterocycles. The molecular weight excluding hydrogens is 326 g/mol. The van der Waals surface area contributed by atoms with Crippen molar-refractivity contribution in [3.63, 3.8) is 0 Å². The van der Waals surface area contributed by atoms with Gasteiger partial charge in [0, 0.05) is 28.7 Å². The SMILES string of the molecule is Cn1c(C(=O)Nc2ccc(F)c(Cl)c2)cc2ccc(Cl)cc21. The lowest BCUT2D eigenvalue weighted by molar-refractivity contribution is 0.101. The second-order valence-electron chi connectivity index (χ2n) is 4.87. The minimum absolute atomic E-state index is 0.0402. The van der Waals surface area contributed by atoms with Crippen molar-refractivity contribution in [2.75, 3.05) is 5.32 Å².